The third-order valence-corrected chi connectivity index (χ3v) is 15.6. The first-order chi connectivity index (χ1) is 41.4. The van der Waals surface area contributed by atoms with Crippen molar-refractivity contribution < 1.29 is 14.4 Å². The Bertz CT molecular complexity index is 3890. The first-order valence-corrected chi connectivity index (χ1v) is 29.2. The number of likely N-dealkylation sites (tertiary alicyclic amines) is 3. The van der Waals surface area contributed by atoms with Crippen LogP contribution in [0.5, 0.6) is 0 Å². The van der Waals surface area contributed by atoms with Gasteiger partial charge in [0.15, 0.2) is 17.5 Å². The van der Waals surface area contributed by atoms with Crippen molar-refractivity contribution in [2.45, 2.75) is 57.8 Å². The summed E-state index contributed by atoms with van der Waals surface area (Å²) in [5.41, 5.74) is 10.9. The van der Waals surface area contributed by atoms with Gasteiger partial charge in [-0.15, -0.1) is 0 Å². The summed E-state index contributed by atoms with van der Waals surface area (Å²) in [4.78, 5) is 81.4. The van der Waals surface area contributed by atoms with Crippen LogP contribution in [0.15, 0.2) is 201 Å². The summed E-state index contributed by atoms with van der Waals surface area (Å²) in [5.74, 6) is 2.26. The van der Waals surface area contributed by atoms with E-state index in [1.165, 1.54) is 19.3 Å². The van der Waals surface area contributed by atoms with Gasteiger partial charge in [0.05, 0.1) is 27.9 Å². The standard InChI is InChI=1S/2C25H22N4O.C20H19N3O/c30-25(29-14-5-2-6-15-29)19-11-12-21-22(16-19)27-24(18-8-3-1-4-9-18)28-23(21)20-10-7-13-26-17-20;30-25(29-15-5-2-6-16-29)20-9-10-21-22(17-20)27-24(19-7-3-1-4-8-19)28-23(21)18-11-13-26-14-12-18;24-20(23-11-5-2-6-12-23)16-9-10-17-14-21-19(22-18(17)13-16)15-7-3-1-4-8-15/h1,3-4,7-13,16-17H,2,5-6,14-15H2;1,3-4,7-14,17H,2,5-6,15-16H2;1,3-4,7-10,13-14H,2,5-6,11-12H2. The van der Waals surface area contributed by atoms with Crippen molar-refractivity contribution in [2.75, 3.05) is 39.3 Å². The minimum absolute atomic E-state index is 0.0828. The van der Waals surface area contributed by atoms with E-state index in [9.17, 15) is 14.4 Å². The lowest BCUT2D eigenvalue weighted by Gasteiger charge is -2.26. The number of rotatable bonds is 8. The fraction of sp³-hybridized carbons (Fsp3) is 0.214. The molecule has 3 fully saturated rings. The number of hydrogen-bond donors (Lipinski definition) is 0. The number of carbonyl (C=O) groups excluding carboxylic acids is 3. The molecule has 0 aliphatic carbocycles. The van der Waals surface area contributed by atoms with E-state index in [4.69, 9.17) is 19.9 Å². The van der Waals surface area contributed by atoms with Crippen LogP contribution in [-0.2, 0) is 0 Å². The molecule has 416 valence electrons. The average Bonchev–Trinajstić information content (AvgIpc) is 3.72. The van der Waals surface area contributed by atoms with Gasteiger partial charge in [0.1, 0.15) is 0 Å². The van der Waals surface area contributed by atoms with Crippen LogP contribution < -0.4 is 0 Å². The number of carbonyl (C=O) groups is 3. The van der Waals surface area contributed by atoms with Crippen molar-refractivity contribution in [1.82, 2.24) is 54.6 Å². The van der Waals surface area contributed by atoms with E-state index >= 15 is 0 Å². The molecule has 14 rings (SSSR count). The zero-order valence-electron chi connectivity index (χ0n) is 46.8. The molecule has 3 aliphatic rings. The summed E-state index contributed by atoms with van der Waals surface area (Å²) in [5, 5.41) is 2.79. The van der Waals surface area contributed by atoms with Crippen LogP contribution in [0.3, 0.4) is 0 Å². The maximum absolute atomic E-state index is 13.0. The lowest BCUT2D eigenvalue weighted by molar-refractivity contribution is 0.0717. The highest BCUT2D eigenvalue weighted by atomic mass is 16.2. The highest BCUT2D eigenvalue weighted by Gasteiger charge is 2.23. The van der Waals surface area contributed by atoms with Crippen molar-refractivity contribution in [3.8, 4) is 56.7 Å². The molecule has 11 aromatic rings. The largest absolute Gasteiger partial charge is 0.339 e. The summed E-state index contributed by atoms with van der Waals surface area (Å²) in [6.07, 6.45) is 19.0. The number of fused-ring (bicyclic) bond motifs is 3. The second-order valence-electron chi connectivity index (χ2n) is 21.4. The molecule has 0 spiro atoms. The van der Waals surface area contributed by atoms with Crippen LogP contribution in [0.2, 0.25) is 0 Å². The van der Waals surface area contributed by atoms with E-state index in [1.807, 2.05) is 197 Å². The second-order valence-corrected chi connectivity index (χ2v) is 21.4. The molecule has 6 aromatic carbocycles. The molecule has 0 saturated carbocycles. The number of hydrogen-bond acceptors (Lipinski definition) is 11. The van der Waals surface area contributed by atoms with Gasteiger partial charge >= 0.3 is 0 Å². The minimum Gasteiger partial charge on any atom is -0.339 e. The van der Waals surface area contributed by atoms with Crippen LogP contribution in [0.1, 0.15) is 88.9 Å². The molecule has 3 amide bonds. The highest BCUT2D eigenvalue weighted by molar-refractivity contribution is 6.03. The molecule has 0 unspecified atom stereocenters. The van der Waals surface area contributed by atoms with Crippen LogP contribution in [0, 0.1) is 0 Å². The third kappa shape index (κ3) is 12.6. The summed E-state index contributed by atoms with van der Waals surface area (Å²) < 4.78 is 0. The molecule has 3 saturated heterocycles. The molecule has 3 aliphatic heterocycles. The smallest absolute Gasteiger partial charge is 0.253 e. The molecule has 0 atom stereocenters. The molecular formula is C70H63N11O3. The van der Waals surface area contributed by atoms with Gasteiger partial charge in [-0.05, 0) is 131 Å². The number of aromatic nitrogens is 8. The van der Waals surface area contributed by atoms with Gasteiger partial charge in [-0.3, -0.25) is 24.4 Å². The lowest BCUT2D eigenvalue weighted by Crippen LogP contribution is -2.35. The molecule has 84 heavy (non-hydrogen) atoms. The summed E-state index contributed by atoms with van der Waals surface area (Å²) in [6, 6.07) is 54.8. The van der Waals surface area contributed by atoms with Gasteiger partial charge in [-0.2, -0.15) is 0 Å². The fourth-order valence-electron chi connectivity index (χ4n) is 11.1. The topological polar surface area (TPSA) is 164 Å². The third-order valence-electron chi connectivity index (χ3n) is 15.6. The SMILES string of the molecule is O=C(c1ccc2c(-c3cccnc3)nc(-c3ccccc3)nc2c1)N1CCCCC1.O=C(c1ccc2c(-c3ccncc3)nc(-c3ccccc3)nc2c1)N1CCCCC1.O=C(c1ccc2cnc(-c3ccccc3)nc2c1)N1CCCCC1. The maximum atomic E-state index is 13.0. The normalized spacial score (nSPS) is 14.3. The van der Waals surface area contributed by atoms with Crippen LogP contribution >= 0.6 is 0 Å². The van der Waals surface area contributed by atoms with E-state index < -0.39 is 0 Å². The zero-order valence-corrected chi connectivity index (χ0v) is 46.8. The van der Waals surface area contributed by atoms with Crippen LogP contribution in [0.4, 0.5) is 0 Å². The Morgan fingerprint density at radius 1 is 0.321 bits per heavy atom. The molecule has 0 radical (unpaired) electrons. The van der Waals surface area contributed by atoms with Gasteiger partial charge in [0.2, 0.25) is 0 Å². The van der Waals surface area contributed by atoms with Crippen molar-refractivity contribution >= 4 is 50.4 Å². The fourth-order valence-corrected chi connectivity index (χ4v) is 11.1. The Hall–Kier alpha value is -9.95. The molecule has 14 nitrogen and oxygen atoms in total. The number of piperidine rings is 3. The van der Waals surface area contributed by atoms with Crippen molar-refractivity contribution in [3.63, 3.8) is 0 Å². The first-order valence-electron chi connectivity index (χ1n) is 29.2. The molecule has 5 aromatic heterocycles. The summed E-state index contributed by atoms with van der Waals surface area (Å²) in [6.45, 7) is 5.04. The molecule has 0 bridgehead atoms. The minimum atomic E-state index is 0.0828. The first kappa shape index (κ1) is 54.6. The van der Waals surface area contributed by atoms with E-state index in [-0.39, 0.29) is 17.7 Å². The van der Waals surface area contributed by atoms with Gasteiger partial charge in [0.25, 0.3) is 17.7 Å². The van der Waals surface area contributed by atoms with Crippen molar-refractivity contribution in [3.05, 3.63) is 218 Å². The lowest BCUT2D eigenvalue weighted by atomic mass is 10.0. The molecule has 8 heterocycles. The number of nitrogens with zero attached hydrogens (tertiary/aromatic N) is 11. The Labute approximate surface area is 488 Å². The van der Waals surface area contributed by atoms with Gasteiger partial charge in [0, 0.05) is 131 Å². The van der Waals surface area contributed by atoms with E-state index in [2.05, 4.69) is 19.9 Å². The van der Waals surface area contributed by atoms with Crippen molar-refractivity contribution in [2.24, 2.45) is 0 Å². The average molecular weight is 1110 g/mol. The van der Waals surface area contributed by atoms with E-state index in [0.717, 1.165) is 150 Å². The highest BCUT2D eigenvalue weighted by Crippen LogP contribution is 2.32. The molecular weight excluding hydrogens is 1040 g/mol. The Morgan fingerprint density at radius 3 is 1.18 bits per heavy atom. The number of benzene rings is 6. The number of amides is 3. The Balaban J connectivity index is 0.000000125. The predicted octanol–water partition coefficient (Wildman–Crippen LogP) is 13.9. The predicted molar refractivity (Wildman–Crippen MR) is 331 cm³/mol. The number of pyridine rings is 2. The molecule has 14 heteroatoms. The summed E-state index contributed by atoms with van der Waals surface area (Å²) >= 11 is 0. The quantitative estimate of drug-likeness (QED) is 0.142. The van der Waals surface area contributed by atoms with Gasteiger partial charge < -0.3 is 14.7 Å². The van der Waals surface area contributed by atoms with Crippen LogP contribution in [-0.4, -0.2) is 112 Å². The monoisotopic (exact) mass is 1110 g/mol. The van der Waals surface area contributed by atoms with E-state index in [1.54, 1.807) is 18.6 Å². The Kier molecular flexibility index (Phi) is 16.8. The van der Waals surface area contributed by atoms with Crippen molar-refractivity contribution in [1.29, 1.82) is 0 Å². The Morgan fingerprint density at radius 2 is 0.726 bits per heavy atom. The second kappa shape index (κ2) is 25.9. The zero-order chi connectivity index (χ0) is 57.0. The van der Waals surface area contributed by atoms with Gasteiger partial charge in [-0.25, -0.2) is 29.9 Å². The van der Waals surface area contributed by atoms with Crippen LogP contribution in [0.25, 0.3) is 89.4 Å². The van der Waals surface area contributed by atoms with Gasteiger partial charge in [-0.1, -0.05) is 97.1 Å². The van der Waals surface area contributed by atoms with E-state index in [0.29, 0.717) is 34.2 Å². The molecule has 0 N–H and O–H groups in total. The summed E-state index contributed by atoms with van der Waals surface area (Å²) in [7, 11) is 0. The maximum Gasteiger partial charge on any atom is 0.253 e.